The highest BCUT2D eigenvalue weighted by atomic mass is 32.2. The van der Waals surface area contributed by atoms with Crippen molar-refractivity contribution < 1.29 is 8.42 Å². The maximum atomic E-state index is 12.1. The summed E-state index contributed by atoms with van der Waals surface area (Å²) in [5.41, 5.74) is 3.38. The number of benzene rings is 2. The molecule has 2 aromatic carbocycles. The van der Waals surface area contributed by atoms with E-state index in [1.165, 1.54) is 0 Å². The van der Waals surface area contributed by atoms with Gasteiger partial charge in [-0.2, -0.15) is 0 Å². The molecular weight excluding hydrogens is 258 g/mol. The van der Waals surface area contributed by atoms with Gasteiger partial charge >= 0.3 is 0 Å². The average molecular weight is 275 g/mol. The first-order chi connectivity index (χ1) is 8.96. The summed E-state index contributed by atoms with van der Waals surface area (Å²) in [6, 6.07) is 14.9. The van der Waals surface area contributed by atoms with Gasteiger partial charge in [0, 0.05) is 0 Å². The van der Waals surface area contributed by atoms with E-state index < -0.39 is 10.0 Å². The molecule has 4 heteroatoms. The van der Waals surface area contributed by atoms with Gasteiger partial charge in [0.1, 0.15) is 0 Å². The predicted octanol–water partition coefficient (Wildman–Crippen LogP) is 3.25. The Kier molecular flexibility index (Phi) is 3.90. The van der Waals surface area contributed by atoms with Gasteiger partial charge in [0.05, 0.1) is 11.4 Å². The van der Waals surface area contributed by atoms with Gasteiger partial charge in [-0.05, 0) is 36.6 Å². The van der Waals surface area contributed by atoms with E-state index in [1.54, 1.807) is 0 Å². The number of hydrogen-bond acceptors (Lipinski definition) is 2. The molecular formula is C15H17NO2S. The van der Waals surface area contributed by atoms with Crippen molar-refractivity contribution in [3.05, 3.63) is 65.2 Å². The van der Waals surface area contributed by atoms with Gasteiger partial charge < -0.3 is 0 Å². The van der Waals surface area contributed by atoms with Crippen LogP contribution in [0, 0.1) is 13.8 Å². The fraction of sp³-hybridized carbons (Fsp3) is 0.200. The maximum Gasteiger partial charge on any atom is 0.236 e. The quantitative estimate of drug-likeness (QED) is 0.931. The fourth-order valence-corrected chi connectivity index (χ4v) is 3.10. The van der Waals surface area contributed by atoms with Crippen LogP contribution in [0.4, 0.5) is 5.69 Å². The molecule has 0 bridgehead atoms. The number of anilines is 1. The van der Waals surface area contributed by atoms with Gasteiger partial charge in [-0.25, -0.2) is 8.42 Å². The van der Waals surface area contributed by atoms with Crippen molar-refractivity contribution in [2.75, 3.05) is 4.72 Å². The number of nitrogens with one attached hydrogen (secondary N) is 1. The van der Waals surface area contributed by atoms with Crippen LogP contribution in [0.2, 0.25) is 0 Å². The molecule has 0 fully saturated rings. The lowest BCUT2D eigenvalue weighted by Crippen LogP contribution is -2.15. The molecule has 19 heavy (non-hydrogen) atoms. The van der Waals surface area contributed by atoms with Gasteiger partial charge in [0.2, 0.25) is 10.0 Å². The van der Waals surface area contributed by atoms with Crippen molar-refractivity contribution in [1.29, 1.82) is 0 Å². The van der Waals surface area contributed by atoms with E-state index in [0.717, 1.165) is 16.7 Å². The molecule has 0 unspecified atom stereocenters. The second-order valence-electron chi connectivity index (χ2n) is 4.67. The van der Waals surface area contributed by atoms with Gasteiger partial charge in [-0.1, -0.05) is 42.5 Å². The molecule has 1 N–H and O–H groups in total. The Balaban J connectivity index is 2.20. The van der Waals surface area contributed by atoms with E-state index in [4.69, 9.17) is 0 Å². The first-order valence-corrected chi connectivity index (χ1v) is 7.73. The van der Waals surface area contributed by atoms with Crippen LogP contribution in [0.1, 0.15) is 16.7 Å². The Morgan fingerprint density at radius 3 is 2.37 bits per heavy atom. The highest BCUT2D eigenvalue weighted by Gasteiger charge is 2.12. The van der Waals surface area contributed by atoms with E-state index in [9.17, 15) is 8.42 Å². The van der Waals surface area contributed by atoms with E-state index in [2.05, 4.69) is 4.72 Å². The monoisotopic (exact) mass is 275 g/mol. The topological polar surface area (TPSA) is 46.2 Å². The zero-order chi connectivity index (χ0) is 13.9. The van der Waals surface area contributed by atoms with E-state index >= 15 is 0 Å². The van der Waals surface area contributed by atoms with Crippen LogP contribution in [0.15, 0.2) is 48.5 Å². The van der Waals surface area contributed by atoms with Crippen molar-refractivity contribution in [1.82, 2.24) is 0 Å². The second-order valence-corrected chi connectivity index (χ2v) is 6.39. The summed E-state index contributed by atoms with van der Waals surface area (Å²) < 4.78 is 26.9. The minimum absolute atomic E-state index is 0.0127. The van der Waals surface area contributed by atoms with Crippen molar-refractivity contribution >= 4 is 15.7 Å². The summed E-state index contributed by atoms with van der Waals surface area (Å²) in [7, 11) is -3.38. The molecule has 0 aliphatic rings. The number of sulfonamides is 1. The molecule has 0 saturated carbocycles. The lowest BCUT2D eigenvalue weighted by Gasteiger charge is -2.11. The third kappa shape index (κ3) is 3.83. The van der Waals surface area contributed by atoms with Crippen molar-refractivity contribution in [3.8, 4) is 0 Å². The van der Waals surface area contributed by atoms with Crippen molar-refractivity contribution in [2.24, 2.45) is 0 Å². The Morgan fingerprint density at radius 1 is 1.00 bits per heavy atom. The molecule has 100 valence electrons. The summed E-state index contributed by atoms with van der Waals surface area (Å²) >= 11 is 0. The molecule has 0 aromatic heterocycles. The van der Waals surface area contributed by atoms with E-state index in [-0.39, 0.29) is 5.75 Å². The average Bonchev–Trinajstić information content (AvgIpc) is 2.34. The van der Waals surface area contributed by atoms with Gasteiger partial charge in [-0.3, -0.25) is 4.72 Å². The third-order valence-electron chi connectivity index (χ3n) is 2.86. The number of aryl methyl sites for hydroxylation is 2. The highest BCUT2D eigenvalue weighted by molar-refractivity contribution is 7.91. The largest absolute Gasteiger partial charge is 0.283 e. The van der Waals surface area contributed by atoms with Gasteiger partial charge in [0.25, 0.3) is 0 Å². The molecule has 0 spiro atoms. The number of rotatable bonds is 4. The molecule has 0 radical (unpaired) electrons. The summed E-state index contributed by atoms with van der Waals surface area (Å²) in [4.78, 5) is 0. The lowest BCUT2D eigenvalue weighted by atomic mass is 10.1. The third-order valence-corrected chi connectivity index (χ3v) is 4.10. The van der Waals surface area contributed by atoms with E-state index in [0.29, 0.717) is 5.69 Å². The Labute approximate surface area is 114 Å². The Morgan fingerprint density at radius 2 is 1.68 bits per heavy atom. The second kappa shape index (κ2) is 5.45. The molecule has 2 rings (SSSR count). The molecule has 3 nitrogen and oxygen atoms in total. The van der Waals surface area contributed by atoms with Gasteiger partial charge in [-0.15, -0.1) is 0 Å². The number of hydrogen-bond donors (Lipinski definition) is 1. The van der Waals surface area contributed by atoms with Crippen molar-refractivity contribution in [3.63, 3.8) is 0 Å². The lowest BCUT2D eigenvalue weighted by molar-refractivity contribution is 0.600. The SMILES string of the molecule is Cc1ccc(C)c(NS(=O)(=O)Cc2ccccc2)c1. The minimum atomic E-state index is -3.38. The maximum absolute atomic E-state index is 12.1. The molecule has 0 heterocycles. The summed E-state index contributed by atoms with van der Waals surface area (Å²) in [5, 5.41) is 0. The first kappa shape index (κ1) is 13.6. The van der Waals surface area contributed by atoms with Crippen LogP contribution in [0.5, 0.6) is 0 Å². The first-order valence-electron chi connectivity index (χ1n) is 6.08. The smallest absolute Gasteiger partial charge is 0.236 e. The summed E-state index contributed by atoms with van der Waals surface area (Å²) in [6.45, 7) is 3.83. The fourth-order valence-electron chi connectivity index (χ4n) is 1.84. The molecule has 0 aliphatic heterocycles. The predicted molar refractivity (Wildman–Crippen MR) is 78.6 cm³/mol. The molecule has 0 atom stereocenters. The van der Waals surface area contributed by atoms with Crippen LogP contribution >= 0.6 is 0 Å². The van der Waals surface area contributed by atoms with Crippen LogP contribution < -0.4 is 4.72 Å². The summed E-state index contributed by atoms with van der Waals surface area (Å²) in [5.74, 6) is -0.0127. The Hall–Kier alpha value is -1.81. The van der Waals surface area contributed by atoms with Crippen LogP contribution in [0.25, 0.3) is 0 Å². The summed E-state index contributed by atoms with van der Waals surface area (Å²) in [6.07, 6.45) is 0. The Bertz CT molecular complexity index is 664. The zero-order valence-electron chi connectivity index (χ0n) is 11.1. The standard InChI is InChI=1S/C15H17NO2S/c1-12-8-9-13(2)15(10-12)16-19(17,18)11-14-6-4-3-5-7-14/h3-10,16H,11H2,1-2H3. The van der Waals surface area contributed by atoms with Gasteiger partial charge in [0.15, 0.2) is 0 Å². The van der Waals surface area contributed by atoms with Crippen LogP contribution in [0.3, 0.4) is 0 Å². The zero-order valence-corrected chi connectivity index (χ0v) is 11.9. The molecule has 0 aliphatic carbocycles. The molecule has 2 aromatic rings. The van der Waals surface area contributed by atoms with Crippen LogP contribution in [-0.2, 0) is 15.8 Å². The molecule has 0 saturated heterocycles. The van der Waals surface area contributed by atoms with Crippen LogP contribution in [-0.4, -0.2) is 8.42 Å². The normalized spacial score (nSPS) is 11.3. The van der Waals surface area contributed by atoms with E-state index in [1.807, 2.05) is 62.4 Å². The molecule has 0 amide bonds. The van der Waals surface area contributed by atoms with Crippen molar-refractivity contribution in [2.45, 2.75) is 19.6 Å². The highest BCUT2D eigenvalue weighted by Crippen LogP contribution is 2.19. The minimum Gasteiger partial charge on any atom is -0.283 e.